The summed E-state index contributed by atoms with van der Waals surface area (Å²) in [6.07, 6.45) is 0.717. The monoisotopic (exact) mass is 266 g/mol. The number of hydrogen-bond acceptors (Lipinski definition) is 4. The zero-order valence-corrected chi connectivity index (χ0v) is 12.7. The van der Waals surface area contributed by atoms with Gasteiger partial charge in [0.15, 0.2) is 0 Å². The SMILES string of the molecule is CCN(CC)C(C)(N)Cc1cc(OC)ccc1OC. The fourth-order valence-corrected chi connectivity index (χ4v) is 2.46. The Kier molecular flexibility index (Phi) is 5.63. The Bertz CT molecular complexity index is 401. The van der Waals surface area contributed by atoms with Crippen molar-refractivity contribution in [2.45, 2.75) is 32.9 Å². The van der Waals surface area contributed by atoms with E-state index in [2.05, 4.69) is 25.7 Å². The van der Waals surface area contributed by atoms with Gasteiger partial charge in [-0.05, 0) is 38.2 Å². The van der Waals surface area contributed by atoms with Crippen LogP contribution in [0.15, 0.2) is 18.2 Å². The molecule has 0 saturated heterocycles. The van der Waals surface area contributed by atoms with Gasteiger partial charge in [-0.2, -0.15) is 0 Å². The lowest BCUT2D eigenvalue weighted by Crippen LogP contribution is -2.55. The third-order valence-electron chi connectivity index (χ3n) is 3.52. The summed E-state index contributed by atoms with van der Waals surface area (Å²) < 4.78 is 10.7. The van der Waals surface area contributed by atoms with Gasteiger partial charge >= 0.3 is 0 Å². The largest absolute Gasteiger partial charge is 0.497 e. The van der Waals surface area contributed by atoms with Crippen molar-refractivity contribution in [3.63, 3.8) is 0 Å². The van der Waals surface area contributed by atoms with Crippen LogP contribution in [0.25, 0.3) is 0 Å². The first-order valence-corrected chi connectivity index (χ1v) is 6.73. The molecule has 0 aliphatic carbocycles. The second-order valence-electron chi connectivity index (χ2n) is 4.88. The summed E-state index contributed by atoms with van der Waals surface area (Å²) in [4.78, 5) is 2.24. The predicted molar refractivity (Wildman–Crippen MR) is 78.8 cm³/mol. The number of methoxy groups -OCH3 is 2. The molecule has 1 aromatic carbocycles. The first kappa shape index (κ1) is 15.8. The van der Waals surface area contributed by atoms with Crippen molar-refractivity contribution in [2.24, 2.45) is 5.73 Å². The zero-order chi connectivity index (χ0) is 14.5. The van der Waals surface area contributed by atoms with Gasteiger partial charge in [-0.1, -0.05) is 13.8 Å². The highest BCUT2D eigenvalue weighted by atomic mass is 16.5. The second-order valence-corrected chi connectivity index (χ2v) is 4.88. The lowest BCUT2D eigenvalue weighted by atomic mass is 9.99. The van der Waals surface area contributed by atoms with E-state index in [4.69, 9.17) is 15.2 Å². The minimum atomic E-state index is -0.400. The van der Waals surface area contributed by atoms with E-state index < -0.39 is 5.66 Å². The van der Waals surface area contributed by atoms with E-state index in [-0.39, 0.29) is 0 Å². The number of likely N-dealkylation sites (N-methyl/N-ethyl adjacent to an activating group) is 1. The maximum atomic E-state index is 6.46. The van der Waals surface area contributed by atoms with Crippen LogP contribution in [0.2, 0.25) is 0 Å². The molecule has 0 saturated carbocycles. The van der Waals surface area contributed by atoms with E-state index in [1.165, 1.54) is 0 Å². The second kappa shape index (κ2) is 6.78. The molecule has 0 aromatic heterocycles. The molecule has 1 rings (SSSR count). The van der Waals surface area contributed by atoms with Crippen molar-refractivity contribution < 1.29 is 9.47 Å². The molecular formula is C15H26N2O2. The fraction of sp³-hybridized carbons (Fsp3) is 0.600. The summed E-state index contributed by atoms with van der Waals surface area (Å²) in [7, 11) is 3.34. The van der Waals surface area contributed by atoms with Gasteiger partial charge in [0.2, 0.25) is 0 Å². The third-order valence-corrected chi connectivity index (χ3v) is 3.52. The van der Waals surface area contributed by atoms with E-state index in [0.29, 0.717) is 0 Å². The Labute approximate surface area is 116 Å². The number of rotatable bonds is 7. The minimum absolute atomic E-state index is 0.400. The molecule has 2 N–H and O–H groups in total. The van der Waals surface area contributed by atoms with Crippen molar-refractivity contribution in [3.05, 3.63) is 23.8 Å². The Hall–Kier alpha value is -1.26. The van der Waals surface area contributed by atoms with Gasteiger partial charge in [-0.25, -0.2) is 0 Å². The summed E-state index contributed by atoms with van der Waals surface area (Å²) in [5, 5.41) is 0. The van der Waals surface area contributed by atoms with Crippen LogP contribution in [-0.4, -0.2) is 37.9 Å². The molecule has 1 atom stereocenters. The van der Waals surface area contributed by atoms with Crippen LogP contribution in [0, 0.1) is 0 Å². The van der Waals surface area contributed by atoms with Gasteiger partial charge < -0.3 is 15.2 Å². The molecule has 0 radical (unpaired) electrons. The minimum Gasteiger partial charge on any atom is -0.497 e. The van der Waals surface area contributed by atoms with Gasteiger partial charge in [0, 0.05) is 12.0 Å². The highest BCUT2D eigenvalue weighted by Gasteiger charge is 2.26. The molecule has 0 amide bonds. The summed E-state index contributed by atoms with van der Waals surface area (Å²) in [5.41, 5.74) is 7.13. The molecule has 19 heavy (non-hydrogen) atoms. The van der Waals surface area contributed by atoms with E-state index in [0.717, 1.165) is 36.6 Å². The average Bonchev–Trinajstić information content (AvgIpc) is 2.39. The van der Waals surface area contributed by atoms with Crippen LogP contribution >= 0.6 is 0 Å². The highest BCUT2D eigenvalue weighted by molar-refractivity contribution is 5.41. The number of nitrogens with two attached hydrogens (primary N) is 1. The number of benzene rings is 1. The van der Waals surface area contributed by atoms with Gasteiger partial charge in [-0.3, -0.25) is 4.90 Å². The molecular weight excluding hydrogens is 240 g/mol. The highest BCUT2D eigenvalue weighted by Crippen LogP contribution is 2.27. The Morgan fingerprint density at radius 1 is 1.16 bits per heavy atom. The van der Waals surface area contributed by atoms with Gasteiger partial charge in [0.25, 0.3) is 0 Å². The van der Waals surface area contributed by atoms with Gasteiger partial charge in [0.1, 0.15) is 11.5 Å². The molecule has 0 bridgehead atoms. The molecule has 0 spiro atoms. The van der Waals surface area contributed by atoms with Crippen LogP contribution < -0.4 is 15.2 Å². The maximum absolute atomic E-state index is 6.46. The molecule has 0 aliphatic heterocycles. The van der Waals surface area contributed by atoms with Crippen molar-refractivity contribution in [2.75, 3.05) is 27.3 Å². The van der Waals surface area contributed by atoms with Crippen LogP contribution in [0.5, 0.6) is 11.5 Å². The van der Waals surface area contributed by atoms with Crippen molar-refractivity contribution in [1.82, 2.24) is 4.90 Å². The molecule has 0 aliphatic rings. The molecule has 0 heterocycles. The molecule has 4 heteroatoms. The van der Waals surface area contributed by atoms with Crippen LogP contribution in [0.4, 0.5) is 0 Å². The van der Waals surface area contributed by atoms with Crippen molar-refractivity contribution >= 4 is 0 Å². The molecule has 1 unspecified atom stereocenters. The van der Waals surface area contributed by atoms with Crippen LogP contribution in [-0.2, 0) is 6.42 Å². The van der Waals surface area contributed by atoms with E-state index in [1.807, 2.05) is 18.2 Å². The lowest BCUT2D eigenvalue weighted by molar-refractivity contribution is 0.122. The topological polar surface area (TPSA) is 47.7 Å². The first-order chi connectivity index (χ1) is 8.98. The van der Waals surface area contributed by atoms with E-state index in [1.54, 1.807) is 14.2 Å². The molecule has 108 valence electrons. The summed E-state index contributed by atoms with van der Waals surface area (Å²) in [5.74, 6) is 1.68. The van der Waals surface area contributed by atoms with Crippen LogP contribution in [0.1, 0.15) is 26.3 Å². The maximum Gasteiger partial charge on any atom is 0.122 e. The first-order valence-electron chi connectivity index (χ1n) is 6.73. The van der Waals surface area contributed by atoms with Gasteiger partial charge in [0.05, 0.1) is 19.9 Å². The number of hydrogen-bond donors (Lipinski definition) is 1. The summed E-state index contributed by atoms with van der Waals surface area (Å²) >= 11 is 0. The molecule has 4 nitrogen and oxygen atoms in total. The predicted octanol–water partition coefficient (Wildman–Crippen LogP) is 2.26. The zero-order valence-electron chi connectivity index (χ0n) is 12.7. The number of nitrogens with zero attached hydrogens (tertiary/aromatic N) is 1. The lowest BCUT2D eigenvalue weighted by Gasteiger charge is -2.37. The number of ether oxygens (including phenoxy) is 2. The summed E-state index contributed by atoms with van der Waals surface area (Å²) in [6, 6.07) is 5.81. The van der Waals surface area contributed by atoms with Crippen molar-refractivity contribution in [1.29, 1.82) is 0 Å². The van der Waals surface area contributed by atoms with Crippen LogP contribution in [0.3, 0.4) is 0 Å². The average molecular weight is 266 g/mol. The van der Waals surface area contributed by atoms with E-state index in [9.17, 15) is 0 Å². The fourth-order valence-electron chi connectivity index (χ4n) is 2.46. The quantitative estimate of drug-likeness (QED) is 0.769. The Balaban J connectivity index is 3.02. The third kappa shape index (κ3) is 3.85. The van der Waals surface area contributed by atoms with E-state index >= 15 is 0 Å². The Morgan fingerprint density at radius 3 is 2.26 bits per heavy atom. The normalized spacial score (nSPS) is 14.3. The van der Waals surface area contributed by atoms with Gasteiger partial charge in [-0.15, -0.1) is 0 Å². The molecule has 1 aromatic rings. The smallest absolute Gasteiger partial charge is 0.122 e. The van der Waals surface area contributed by atoms with Crippen molar-refractivity contribution in [3.8, 4) is 11.5 Å². The standard InChI is InChI=1S/C15H26N2O2/c1-6-17(7-2)15(3,16)11-12-10-13(18-4)8-9-14(12)19-5/h8-10H,6-7,11,16H2,1-5H3. The Morgan fingerprint density at radius 2 is 1.79 bits per heavy atom. The summed E-state index contributed by atoms with van der Waals surface area (Å²) in [6.45, 7) is 8.15. The molecule has 0 fully saturated rings.